The first-order valence-electron chi connectivity index (χ1n) is 7.40. The van der Waals surface area contributed by atoms with Crippen LogP contribution in [-0.2, 0) is 6.42 Å². The molecule has 2 heterocycles. The molecule has 1 aromatic carbocycles. The molecular weight excluding hydrogens is 356 g/mol. The minimum absolute atomic E-state index is 0. The van der Waals surface area contributed by atoms with Crippen molar-refractivity contribution in [3.05, 3.63) is 53.5 Å². The van der Waals surface area contributed by atoms with Gasteiger partial charge in [-0.15, -0.1) is 24.8 Å². The molecule has 1 unspecified atom stereocenters. The lowest BCUT2D eigenvalue weighted by Gasteiger charge is -2.36. The SMILES string of the molecule is CCc1ocnc1C(=O)N1CCNCC1c1cccc(F)c1.Cl.Cl. The van der Waals surface area contributed by atoms with Crippen LogP contribution in [0, 0.1) is 5.82 Å². The van der Waals surface area contributed by atoms with Crippen LogP contribution in [0.1, 0.15) is 34.8 Å². The second kappa shape index (κ2) is 9.01. The molecule has 3 rings (SSSR count). The maximum absolute atomic E-state index is 13.5. The van der Waals surface area contributed by atoms with E-state index >= 15 is 0 Å². The van der Waals surface area contributed by atoms with Crippen LogP contribution in [-0.4, -0.2) is 35.4 Å². The molecule has 1 aliphatic heterocycles. The van der Waals surface area contributed by atoms with Gasteiger partial charge in [0, 0.05) is 26.1 Å². The van der Waals surface area contributed by atoms with E-state index in [1.165, 1.54) is 18.5 Å². The van der Waals surface area contributed by atoms with Crippen molar-refractivity contribution in [3.8, 4) is 0 Å². The third-order valence-electron chi connectivity index (χ3n) is 3.90. The number of amides is 1. The number of nitrogens with one attached hydrogen (secondary N) is 1. The van der Waals surface area contributed by atoms with Gasteiger partial charge in [0.25, 0.3) is 5.91 Å². The molecule has 1 fully saturated rings. The molecule has 0 radical (unpaired) electrons. The van der Waals surface area contributed by atoms with E-state index in [0.717, 1.165) is 5.56 Å². The second-order valence-electron chi connectivity index (χ2n) is 5.25. The van der Waals surface area contributed by atoms with Gasteiger partial charge in [-0.3, -0.25) is 4.79 Å². The Kier molecular flexibility index (Phi) is 7.66. The molecule has 0 bridgehead atoms. The molecular formula is C16H20Cl2FN3O2. The Bertz CT molecular complexity index is 681. The van der Waals surface area contributed by atoms with Gasteiger partial charge in [0.1, 0.15) is 11.6 Å². The van der Waals surface area contributed by atoms with Crippen molar-refractivity contribution in [2.75, 3.05) is 19.6 Å². The van der Waals surface area contributed by atoms with Gasteiger partial charge in [-0.1, -0.05) is 19.1 Å². The number of hydrogen-bond acceptors (Lipinski definition) is 4. The number of carbonyl (C=O) groups excluding carboxylic acids is 1. The number of carbonyl (C=O) groups is 1. The number of piperazine rings is 1. The Balaban J connectivity index is 0.00000144. The zero-order valence-corrected chi connectivity index (χ0v) is 14.8. The van der Waals surface area contributed by atoms with Crippen molar-refractivity contribution >= 4 is 30.7 Å². The van der Waals surface area contributed by atoms with Gasteiger partial charge in [-0.05, 0) is 17.7 Å². The van der Waals surface area contributed by atoms with Crippen molar-refractivity contribution in [1.82, 2.24) is 15.2 Å². The van der Waals surface area contributed by atoms with Crippen LogP contribution in [0.15, 0.2) is 35.1 Å². The van der Waals surface area contributed by atoms with E-state index in [1.807, 2.05) is 13.0 Å². The number of benzene rings is 1. The van der Waals surface area contributed by atoms with Gasteiger partial charge in [0.2, 0.25) is 0 Å². The zero-order chi connectivity index (χ0) is 15.5. The van der Waals surface area contributed by atoms with E-state index in [0.29, 0.717) is 37.5 Å². The third-order valence-corrected chi connectivity index (χ3v) is 3.90. The lowest BCUT2D eigenvalue weighted by Crippen LogP contribution is -2.49. The summed E-state index contributed by atoms with van der Waals surface area (Å²) in [4.78, 5) is 18.6. The molecule has 1 saturated heterocycles. The number of rotatable bonds is 3. The highest BCUT2D eigenvalue weighted by Crippen LogP contribution is 2.25. The Morgan fingerprint density at radius 1 is 1.46 bits per heavy atom. The highest BCUT2D eigenvalue weighted by atomic mass is 35.5. The second-order valence-corrected chi connectivity index (χ2v) is 5.25. The third kappa shape index (κ3) is 4.06. The van der Waals surface area contributed by atoms with Gasteiger partial charge < -0.3 is 14.6 Å². The quantitative estimate of drug-likeness (QED) is 0.895. The molecule has 1 atom stereocenters. The highest BCUT2D eigenvalue weighted by molar-refractivity contribution is 5.93. The van der Waals surface area contributed by atoms with Gasteiger partial charge in [-0.25, -0.2) is 9.37 Å². The van der Waals surface area contributed by atoms with Crippen LogP contribution in [0.4, 0.5) is 4.39 Å². The Morgan fingerprint density at radius 3 is 2.96 bits per heavy atom. The largest absolute Gasteiger partial charge is 0.448 e. The summed E-state index contributed by atoms with van der Waals surface area (Å²) in [5, 5.41) is 3.25. The first-order valence-corrected chi connectivity index (χ1v) is 7.40. The number of aromatic nitrogens is 1. The average molecular weight is 376 g/mol. The van der Waals surface area contributed by atoms with E-state index in [1.54, 1.807) is 11.0 Å². The fraction of sp³-hybridized carbons (Fsp3) is 0.375. The summed E-state index contributed by atoms with van der Waals surface area (Å²) in [6.07, 6.45) is 1.91. The van der Waals surface area contributed by atoms with Crippen molar-refractivity contribution in [1.29, 1.82) is 0 Å². The fourth-order valence-corrected chi connectivity index (χ4v) is 2.79. The van der Waals surface area contributed by atoms with Crippen LogP contribution < -0.4 is 5.32 Å². The molecule has 8 heteroatoms. The topological polar surface area (TPSA) is 58.4 Å². The molecule has 1 N–H and O–H groups in total. The summed E-state index contributed by atoms with van der Waals surface area (Å²) >= 11 is 0. The van der Waals surface area contributed by atoms with Gasteiger partial charge in [-0.2, -0.15) is 0 Å². The fourth-order valence-electron chi connectivity index (χ4n) is 2.79. The number of oxazole rings is 1. The van der Waals surface area contributed by atoms with Crippen molar-refractivity contribution < 1.29 is 13.6 Å². The predicted octanol–water partition coefficient (Wildman–Crippen LogP) is 3.01. The average Bonchev–Trinajstić information content (AvgIpc) is 3.03. The summed E-state index contributed by atoms with van der Waals surface area (Å²) < 4.78 is 18.7. The summed E-state index contributed by atoms with van der Waals surface area (Å²) in [6.45, 7) is 3.76. The van der Waals surface area contributed by atoms with Crippen LogP contribution in [0.5, 0.6) is 0 Å². The number of aryl methyl sites for hydroxylation is 1. The monoisotopic (exact) mass is 375 g/mol. The number of halogens is 3. The zero-order valence-electron chi connectivity index (χ0n) is 13.2. The summed E-state index contributed by atoms with van der Waals surface area (Å²) in [5.74, 6) is 0.119. The Morgan fingerprint density at radius 2 is 2.25 bits per heavy atom. The minimum Gasteiger partial charge on any atom is -0.448 e. The van der Waals surface area contributed by atoms with Gasteiger partial charge >= 0.3 is 0 Å². The highest BCUT2D eigenvalue weighted by Gasteiger charge is 2.31. The van der Waals surface area contributed by atoms with E-state index < -0.39 is 0 Å². The standard InChI is InChI=1S/C16H18FN3O2.2ClH/c1-2-14-15(19-10-22-14)16(21)20-7-6-18-9-13(20)11-4-3-5-12(17)8-11;;/h3-5,8,10,13,18H,2,6-7,9H2,1H3;2*1H. The van der Waals surface area contributed by atoms with Crippen LogP contribution >= 0.6 is 24.8 Å². The van der Waals surface area contributed by atoms with Crippen LogP contribution in [0.25, 0.3) is 0 Å². The molecule has 24 heavy (non-hydrogen) atoms. The normalized spacial score (nSPS) is 16.9. The van der Waals surface area contributed by atoms with Crippen LogP contribution in [0.2, 0.25) is 0 Å². The maximum atomic E-state index is 13.5. The molecule has 1 aliphatic rings. The van der Waals surface area contributed by atoms with Crippen molar-refractivity contribution in [3.63, 3.8) is 0 Å². The summed E-state index contributed by atoms with van der Waals surface area (Å²) in [6, 6.07) is 6.17. The minimum atomic E-state index is -0.300. The summed E-state index contributed by atoms with van der Waals surface area (Å²) in [5.41, 5.74) is 1.13. The van der Waals surface area contributed by atoms with Crippen molar-refractivity contribution in [2.24, 2.45) is 0 Å². The number of nitrogens with zero attached hydrogens (tertiary/aromatic N) is 2. The van der Waals surface area contributed by atoms with Gasteiger partial charge in [0.15, 0.2) is 12.1 Å². The first-order chi connectivity index (χ1) is 10.7. The molecule has 1 amide bonds. The lowest BCUT2D eigenvalue weighted by atomic mass is 10.0. The lowest BCUT2D eigenvalue weighted by molar-refractivity contribution is 0.0626. The maximum Gasteiger partial charge on any atom is 0.276 e. The first kappa shape index (κ1) is 20.4. The van der Waals surface area contributed by atoms with Gasteiger partial charge in [0.05, 0.1) is 6.04 Å². The molecule has 0 saturated carbocycles. The summed E-state index contributed by atoms with van der Waals surface area (Å²) in [7, 11) is 0. The Hall–Kier alpha value is -1.63. The Labute approximate surface area is 152 Å². The van der Waals surface area contributed by atoms with Crippen molar-refractivity contribution in [2.45, 2.75) is 19.4 Å². The predicted molar refractivity (Wildman–Crippen MR) is 93.4 cm³/mol. The van der Waals surface area contributed by atoms with E-state index in [-0.39, 0.29) is 42.6 Å². The molecule has 0 spiro atoms. The molecule has 132 valence electrons. The van der Waals surface area contributed by atoms with Crippen LogP contribution in [0.3, 0.4) is 0 Å². The molecule has 1 aromatic heterocycles. The molecule has 0 aliphatic carbocycles. The van der Waals surface area contributed by atoms with E-state index in [9.17, 15) is 9.18 Å². The molecule has 2 aromatic rings. The number of hydrogen-bond donors (Lipinski definition) is 1. The smallest absolute Gasteiger partial charge is 0.276 e. The molecule has 5 nitrogen and oxygen atoms in total. The van der Waals surface area contributed by atoms with E-state index in [4.69, 9.17) is 4.42 Å². The van der Waals surface area contributed by atoms with E-state index in [2.05, 4.69) is 10.3 Å².